The van der Waals surface area contributed by atoms with Crippen LogP contribution in [0.2, 0.25) is 0 Å². The molecule has 0 spiro atoms. The molecular formula is C15H22NO4P. The summed E-state index contributed by atoms with van der Waals surface area (Å²) in [6.45, 7) is 4.04. The van der Waals surface area contributed by atoms with Crippen molar-refractivity contribution in [3.8, 4) is 0 Å². The van der Waals surface area contributed by atoms with Crippen LogP contribution in [0.15, 0.2) is 30.3 Å². The Kier molecular flexibility index (Phi) is 5.57. The molecule has 1 aromatic carbocycles. The third kappa shape index (κ3) is 4.16. The molecule has 6 heteroatoms. The van der Waals surface area contributed by atoms with Crippen molar-refractivity contribution in [1.29, 1.82) is 0 Å². The number of nitrogens with one attached hydrogen (secondary N) is 1. The zero-order valence-electron chi connectivity index (χ0n) is 12.5. The molecule has 1 N–H and O–H groups in total. The molecule has 116 valence electrons. The first-order chi connectivity index (χ1) is 10.1. The van der Waals surface area contributed by atoms with Gasteiger partial charge in [0.25, 0.3) is 0 Å². The largest absolute Gasteiger partial charge is 0.343 e. The van der Waals surface area contributed by atoms with Crippen LogP contribution in [-0.2, 0) is 18.4 Å². The number of carbonyl (C=O) groups is 1. The van der Waals surface area contributed by atoms with Crippen LogP contribution in [0.5, 0.6) is 0 Å². The maximum absolute atomic E-state index is 12.9. The van der Waals surface area contributed by atoms with Gasteiger partial charge < -0.3 is 14.4 Å². The fraction of sp³-hybridized carbons (Fsp3) is 0.533. The van der Waals surface area contributed by atoms with Crippen LogP contribution in [0.25, 0.3) is 0 Å². The van der Waals surface area contributed by atoms with Crippen LogP contribution in [-0.4, -0.2) is 24.8 Å². The number of benzene rings is 1. The molecule has 1 aliphatic rings. The van der Waals surface area contributed by atoms with Crippen molar-refractivity contribution in [2.45, 2.75) is 32.3 Å². The second-order valence-corrected chi connectivity index (χ2v) is 7.17. The van der Waals surface area contributed by atoms with E-state index in [1.165, 1.54) is 0 Å². The molecule has 1 saturated carbocycles. The van der Waals surface area contributed by atoms with E-state index in [0.717, 1.165) is 12.8 Å². The van der Waals surface area contributed by atoms with Crippen molar-refractivity contribution in [2.24, 2.45) is 5.92 Å². The van der Waals surface area contributed by atoms with Crippen LogP contribution < -0.4 is 5.32 Å². The zero-order valence-corrected chi connectivity index (χ0v) is 13.3. The maximum atomic E-state index is 12.9. The Balaban J connectivity index is 2.17. The first-order valence-corrected chi connectivity index (χ1v) is 8.96. The van der Waals surface area contributed by atoms with E-state index in [2.05, 4.69) is 5.32 Å². The second kappa shape index (κ2) is 7.21. The number of anilines is 1. The van der Waals surface area contributed by atoms with Crippen LogP contribution in [0, 0.1) is 5.92 Å². The van der Waals surface area contributed by atoms with Gasteiger partial charge in [-0.25, -0.2) is 0 Å². The molecule has 0 bridgehead atoms. The summed E-state index contributed by atoms with van der Waals surface area (Å²) in [5, 5.41) is 2.81. The summed E-state index contributed by atoms with van der Waals surface area (Å²) in [6.07, 6.45) is 1.77. The number of rotatable bonds is 8. The quantitative estimate of drug-likeness (QED) is 0.744. The highest BCUT2D eigenvalue weighted by Gasteiger charge is 2.50. The van der Waals surface area contributed by atoms with Gasteiger partial charge in [-0.05, 0) is 44.7 Å². The number of para-hydroxylation sites is 1. The Bertz CT molecular complexity index is 506. The SMILES string of the molecule is CCOP(=O)(OCC)C(C(=O)Nc1ccccc1)C1CC1. The van der Waals surface area contributed by atoms with E-state index in [0.29, 0.717) is 5.69 Å². The minimum atomic E-state index is -3.43. The summed E-state index contributed by atoms with van der Waals surface area (Å²) in [5.74, 6) is -0.202. The predicted molar refractivity (Wildman–Crippen MR) is 82.4 cm³/mol. The van der Waals surface area contributed by atoms with E-state index in [9.17, 15) is 9.36 Å². The standard InChI is InChI=1S/C15H22NO4P/c1-3-19-21(18,20-4-2)14(12-10-11-12)15(17)16-13-8-6-5-7-9-13/h5-9,12,14H,3-4,10-11H2,1-2H3,(H,16,17). The minimum Gasteiger partial charge on any atom is -0.325 e. The summed E-state index contributed by atoms with van der Waals surface area (Å²) in [7, 11) is -3.43. The number of amides is 1. The number of hydrogen-bond donors (Lipinski definition) is 1. The van der Waals surface area contributed by atoms with E-state index in [1.807, 2.05) is 18.2 Å². The van der Waals surface area contributed by atoms with Gasteiger partial charge in [0.2, 0.25) is 5.91 Å². The first-order valence-electron chi connectivity index (χ1n) is 7.35. The van der Waals surface area contributed by atoms with Crippen molar-refractivity contribution in [3.63, 3.8) is 0 Å². The van der Waals surface area contributed by atoms with Crippen molar-refractivity contribution < 1.29 is 18.4 Å². The topological polar surface area (TPSA) is 64.6 Å². The Morgan fingerprint density at radius 1 is 1.24 bits per heavy atom. The van der Waals surface area contributed by atoms with Crippen LogP contribution >= 0.6 is 7.60 Å². The highest BCUT2D eigenvalue weighted by molar-refractivity contribution is 7.55. The molecule has 1 amide bonds. The van der Waals surface area contributed by atoms with E-state index in [4.69, 9.17) is 9.05 Å². The lowest BCUT2D eigenvalue weighted by atomic mass is 10.2. The molecule has 5 nitrogen and oxygen atoms in total. The van der Waals surface area contributed by atoms with Gasteiger partial charge in [-0.2, -0.15) is 0 Å². The fourth-order valence-electron chi connectivity index (χ4n) is 2.32. The molecule has 0 radical (unpaired) electrons. The van der Waals surface area contributed by atoms with Crippen LogP contribution in [0.3, 0.4) is 0 Å². The van der Waals surface area contributed by atoms with Gasteiger partial charge in [0, 0.05) is 5.69 Å². The molecule has 2 rings (SSSR count). The zero-order chi connectivity index (χ0) is 15.3. The summed E-state index contributed by atoms with van der Waals surface area (Å²) < 4.78 is 23.7. The van der Waals surface area contributed by atoms with Gasteiger partial charge in [0.1, 0.15) is 5.66 Å². The second-order valence-electron chi connectivity index (χ2n) is 5.01. The summed E-state index contributed by atoms with van der Waals surface area (Å²) >= 11 is 0. The van der Waals surface area contributed by atoms with Gasteiger partial charge in [0.05, 0.1) is 13.2 Å². The molecule has 0 aliphatic heterocycles. The normalized spacial score (nSPS) is 16.5. The van der Waals surface area contributed by atoms with Gasteiger partial charge >= 0.3 is 7.60 Å². The highest BCUT2D eigenvalue weighted by Crippen LogP contribution is 2.60. The molecule has 0 saturated heterocycles. The monoisotopic (exact) mass is 311 g/mol. The Morgan fingerprint density at radius 2 is 1.81 bits per heavy atom. The van der Waals surface area contributed by atoms with Gasteiger partial charge in [-0.3, -0.25) is 9.36 Å². The third-order valence-corrected chi connectivity index (χ3v) is 5.91. The Hall–Kier alpha value is -1.16. The predicted octanol–water partition coefficient (Wildman–Crippen LogP) is 3.67. The Morgan fingerprint density at radius 3 is 2.29 bits per heavy atom. The molecule has 1 aliphatic carbocycles. The lowest BCUT2D eigenvalue weighted by molar-refractivity contribution is -0.116. The van der Waals surface area contributed by atoms with Crippen LogP contribution in [0.1, 0.15) is 26.7 Å². The lowest BCUT2D eigenvalue weighted by Crippen LogP contribution is -2.31. The van der Waals surface area contributed by atoms with Crippen molar-refractivity contribution >= 4 is 19.2 Å². The smallest absolute Gasteiger partial charge is 0.325 e. The Labute approximate surface area is 125 Å². The van der Waals surface area contributed by atoms with E-state index < -0.39 is 13.3 Å². The highest BCUT2D eigenvalue weighted by atomic mass is 31.2. The lowest BCUT2D eigenvalue weighted by Gasteiger charge is -2.25. The van der Waals surface area contributed by atoms with Gasteiger partial charge in [0.15, 0.2) is 0 Å². The van der Waals surface area contributed by atoms with E-state index in [-0.39, 0.29) is 25.0 Å². The summed E-state index contributed by atoms with van der Waals surface area (Å²) in [5.41, 5.74) is -0.0368. The fourth-order valence-corrected chi connectivity index (χ4v) is 4.61. The van der Waals surface area contributed by atoms with E-state index in [1.54, 1.807) is 26.0 Å². The molecule has 0 aromatic heterocycles. The van der Waals surface area contributed by atoms with Crippen LogP contribution in [0.4, 0.5) is 5.69 Å². The number of carbonyl (C=O) groups excluding carboxylic acids is 1. The van der Waals surface area contributed by atoms with E-state index >= 15 is 0 Å². The first kappa shape index (κ1) is 16.2. The minimum absolute atomic E-state index is 0.0812. The van der Waals surface area contributed by atoms with Crippen molar-refractivity contribution in [3.05, 3.63) is 30.3 Å². The van der Waals surface area contributed by atoms with Crippen molar-refractivity contribution in [2.75, 3.05) is 18.5 Å². The summed E-state index contributed by atoms with van der Waals surface area (Å²) in [4.78, 5) is 12.5. The molecule has 1 aromatic rings. The van der Waals surface area contributed by atoms with Gasteiger partial charge in [-0.1, -0.05) is 18.2 Å². The van der Waals surface area contributed by atoms with Crippen molar-refractivity contribution in [1.82, 2.24) is 0 Å². The number of hydrogen-bond acceptors (Lipinski definition) is 4. The summed E-state index contributed by atoms with van der Waals surface area (Å²) in [6, 6.07) is 9.15. The van der Waals surface area contributed by atoms with Gasteiger partial charge in [-0.15, -0.1) is 0 Å². The molecule has 1 fully saturated rings. The molecule has 21 heavy (non-hydrogen) atoms. The molecule has 1 unspecified atom stereocenters. The molecular weight excluding hydrogens is 289 g/mol. The average Bonchev–Trinajstić information content (AvgIpc) is 3.25. The average molecular weight is 311 g/mol. The maximum Gasteiger partial charge on any atom is 0.343 e. The molecule has 0 heterocycles. The third-order valence-electron chi connectivity index (χ3n) is 3.34. The molecule has 1 atom stereocenters.